The monoisotopic (exact) mass is 640 g/mol. The number of nitrogens with zero attached hydrogens (tertiary/aromatic N) is 5. The third kappa shape index (κ3) is 7.17. The van der Waals surface area contributed by atoms with E-state index < -0.39 is 28.8 Å². The Morgan fingerprint density at radius 2 is 1.77 bits per heavy atom. The number of anilines is 2. The number of fused-ring (bicyclic) bond motifs is 1. The van der Waals surface area contributed by atoms with E-state index in [4.69, 9.17) is 9.47 Å². The summed E-state index contributed by atoms with van der Waals surface area (Å²) in [7, 11) is 6.32. The topological polar surface area (TPSA) is 111 Å². The van der Waals surface area contributed by atoms with E-state index in [0.717, 1.165) is 11.6 Å². The molecule has 0 fully saturated rings. The smallest absolute Gasteiger partial charge is 0.259 e. The minimum absolute atomic E-state index is 0.0642. The second kappa shape index (κ2) is 14.3. The van der Waals surface area contributed by atoms with Crippen molar-refractivity contribution in [2.45, 2.75) is 19.4 Å². The van der Waals surface area contributed by atoms with E-state index in [0.29, 0.717) is 34.6 Å². The number of hydrogen-bond donors (Lipinski definition) is 1. The van der Waals surface area contributed by atoms with Gasteiger partial charge in [0.1, 0.15) is 18.0 Å². The van der Waals surface area contributed by atoms with Gasteiger partial charge in [0.25, 0.3) is 5.56 Å². The number of ketones is 1. The summed E-state index contributed by atoms with van der Waals surface area (Å²) in [5.74, 6) is -1.85. The number of pyridine rings is 2. The van der Waals surface area contributed by atoms with Crippen LogP contribution in [0, 0.1) is 11.6 Å². The number of aromatic nitrogens is 4. The summed E-state index contributed by atoms with van der Waals surface area (Å²) in [4.78, 5) is 41.6. The zero-order valence-corrected chi connectivity index (χ0v) is 26.6. The molecular weight excluding hydrogens is 606 g/mol. The van der Waals surface area contributed by atoms with Gasteiger partial charge in [-0.05, 0) is 50.4 Å². The minimum atomic E-state index is -1.04. The zero-order chi connectivity index (χ0) is 33.7. The minimum Gasteiger partial charge on any atom is -0.494 e. The molecule has 0 aliphatic carbocycles. The Labute approximate surface area is 270 Å². The van der Waals surface area contributed by atoms with Gasteiger partial charge in [0.05, 0.1) is 36.9 Å². The molecule has 5 aromatic rings. The van der Waals surface area contributed by atoms with Crippen molar-refractivity contribution < 1.29 is 23.0 Å². The van der Waals surface area contributed by atoms with E-state index in [-0.39, 0.29) is 29.3 Å². The predicted molar refractivity (Wildman–Crippen MR) is 176 cm³/mol. The molecule has 0 spiro atoms. The van der Waals surface area contributed by atoms with Crippen molar-refractivity contribution in [3.63, 3.8) is 0 Å². The van der Waals surface area contributed by atoms with Gasteiger partial charge in [-0.1, -0.05) is 30.3 Å². The molecule has 0 amide bonds. The summed E-state index contributed by atoms with van der Waals surface area (Å²) in [6.07, 6.45) is 7.99. The van der Waals surface area contributed by atoms with Crippen molar-refractivity contribution in [1.82, 2.24) is 24.4 Å². The summed E-state index contributed by atoms with van der Waals surface area (Å²) >= 11 is 0. The molecule has 2 aromatic carbocycles. The van der Waals surface area contributed by atoms with E-state index in [1.165, 1.54) is 37.4 Å². The molecule has 10 nitrogen and oxygen atoms in total. The Kier molecular flexibility index (Phi) is 10.0. The lowest BCUT2D eigenvalue weighted by molar-refractivity contribution is -0.114. The highest BCUT2D eigenvalue weighted by Crippen LogP contribution is 2.38. The van der Waals surface area contributed by atoms with Gasteiger partial charge in [-0.3, -0.25) is 9.59 Å². The summed E-state index contributed by atoms with van der Waals surface area (Å²) in [6, 6.07) is 12.5. The predicted octanol–water partition coefficient (Wildman–Crippen LogP) is 5.73. The van der Waals surface area contributed by atoms with E-state index in [2.05, 4.69) is 20.3 Å². The van der Waals surface area contributed by atoms with Crippen LogP contribution in [0.4, 0.5) is 20.4 Å². The lowest BCUT2D eigenvalue weighted by Gasteiger charge is -2.22. The maximum atomic E-state index is 15.7. The largest absolute Gasteiger partial charge is 0.494 e. The first kappa shape index (κ1) is 32.9. The summed E-state index contributed by atoms with van der Waals surface area (Å²) < 4.78 is 43.2. The highest BCUT2D eigenvalue weighted by Gasteiger charge is 2.26. The van der Waals surface area contributed by atoms with Crippen LogP contribution in [-0.2, 0) is 11.2 Å². The molecule has 3 heterocycles. The fourth-order valence-corrected chi connectivity index (χ4v) is 5.25. The van der Waals surface area contributed by atoms with Crippen LogP contribution in [0.15, 0.2) is 84.2 Å². The average molecular weight is 641 g/mol. The number of hydrogen-bond acceptors (Lipinski definition) is 9. The van der Waals surface area contributed by atoms with Crippen LogP contribution in [0.3, 0.4) is 0 Å². The number of benzene rings is 2. The summed E-state index contributed by atoms with van der Waals surface area (Å²) in [5, 5.41) is 3.54. The van der Waals surface area contributed by atoms with Gasteiger partial charge in [0.2, 0.25) is 0 Å². The van der Waals surface area contributed by atoms with E-state index >= 15 is 8.78 Å². The Hall–Kier alpha value is -5.49. The Bertz CT molecular complexity index is 1990. The number of carbonyl (C=O) groups is 1. The number of rotatable bonds is 12. The number of methoxy groups -OCH3 is 2. The number of likely N-dealkylation sites (N-methyl/N-ethyl adjacent to an activating group) is 1. The Morgan fingerprint density at radius 1 is 1.02 bits per heavy atom. The fourth-order valence-electron chi connectivity index (χ4n) is 5.25. The highest BCUT2D eigenvalue weighted by molar-refractivity contribution is 5.91. The molecule has 3 aromatic heterocycles. The average Bonchev–Trinajstić information content (AvgIpc) is 3.05. The van der Waals surface area contributed by atoms with Gasteiger partial charge in [0.15, 0.2) is 28.9 Å². The second-order valence-electron chi connectivity index (χ2n) is 11.1. The van der Waals surface area contributed by atoms with Crippen molar-refractivity contribution in [3.8, 4) is 22.6 Å². The molecule has 0 saturated heterocycles. The SMILES string of the molecule is COc1cc(OC)c(F)c(-c2cc3cnc(Nc4ccncn4)cc3n(C(C)c3cccc(CC(=O)/C=C/CN(C)C)c3)c2=O)c1F. The van der Waals surface area contributed by atoms with Crippen LogP contribution in [0.2, 0.25) is 0 Å². The lowest BCUT2D eigenvalue weighted by Crippen LogP contribution is -2.26. The quantitative estimate of drug-likeness (QED) is 0.171. The number of ether oxygens (including phenoxy) is 2. The molecule has 0 aliphatic rings. The molecule has 0 saturated carbocycles. The van der Waals surface area contributed by atoms with Gasteiger partial charge in [-0.2, -0.15) is 0 Å². The molecule has 1 unspecified atom stereocenters. The Balaban J connectivity index is 1.68. The van der Waals surface area contributed by atoms with E-state index in [9.17, 15) is 9.59 Å². The molecule has 0 aliphatic heterocycles. The molecule has 242 valence electrons. The number of halogens is 2. The first-order chi connectivity index (χ1) is 22.6. The number of carbonyl (C=O) groups excluding carboxylic acids is 1. The van der Waals surface area contributed by atoms with Crippen molar-refractivity contribution in [2.24, 2.45) is 0 Å². The van der Waals surface area contributed by atoms with Crippen LogP contribution < -0.4 is 20.3 Å². The molecule has 12 heteroatoms. The van der Waals surface area contributed by atoms with Gasteiger partial charge in [-0.15, -0.1) is 0 Å². The summed E-state index contributed by atoms with van der Waals surface area (Å²) in [6.45, 7) is 2.44. The van der Waals surface area contributed by atoms with Crippen molar-refractivity contribution in [1.29, 1.82) is 0 Å². The summed E-state index contributed by atoms with van der Waals surface area (Å²) in [5.41, 5.74) is 0.421. The molecule has 0 bridgehead atoms. The molecule has 1 atom stereocenters. The third-order valence-corrected chi connectivity index (χ3v) is 7.57. The van der Waals surface area contributed by atoms with E-state index in [1.54, 1.807) is 37.4 Å². The van der Waals surface area contributed by atoms with Crippen LogP contribution in [0.5, 0.6) is 11.5 Å². The third-order valence-electron chi connectivity index (χ3n) is 7.57. The molecule has 5 rings (SSSR count). The van der Waals surface area contributed by atoms with Crippen molar-refractivity contribution in [2.75, 3.05) is 40.2 Å². The second-order valence-corrected chi connectivity index (χ2v) is 11.1. The van der Waals surface area contributed by atoms with Crippen molar-refractivity contribution in [3.05, 3.63) is 113 Å². The first-order valence-corrected chi connectivity index (χ1v) is 14.7. The molecule has 0 radical (unpaired) electrons. The van der Waals surface area contributed by atoms with Crippen LogP contribution in [-0.4, -0.2) is 65.1 Å². The number of nitrogens with one attached hydrogen (secondary N) is 1. The maximum absolute atomic E-state index is 15.7. The highest BCUT2D eigenvalue weighted by atomic mass is 19.1. The maximum Gasteiger partial charge on any atom is 0.259 e. The van der Waals surface area contributed by atoms with Gasteiger partial charge in [0, 0.05) is 42.9 Å². The van der Waals surface area contributed by atoms with Gasteiger partial charge >= 0.3 is 0 Å². The van der Waals surface area contributed by atoms with Crippen LogP contribution in [0.25, 0.3) is 22.0 Å². The van der Waals surface area contributed by atoms with E-state index in [1.807, 2.05) is 43.3 Å². The van der Waals surface area contributed by atoms with Crippen LogP contribution in [0.1, 0.15) is 24.1 Å². The fraction of sp³-hybridized carbons (Fsp3) is 0.229. The molecule has 47 heavy (non-hydrogen) atoms. The molecule has 1 N–H and O–H groups in total. The molecular formula is C35H34F2N6O4. The first-order valence-electron chi connectivity index (χ1n) is 14.7. The normalized spacial score (nSPS) is 12.1. The van der Waals surface area contributed by atoms with Gasteiger partial charge < -0.3 is 24.3 Å². The standard InChI is InChI=1S/C35H34F2N6O4/c1-21(23-9-6-8-22(14-23)15-25(44)10-7-13-42(2)3)43-27-17-31(41-30-11-12-38-20-40-30)39-19-24(27)16-26(35(43)45)32-33(36)28(46-4)18-29(47-5)34(32)37/h6-12,14,16-21H,13,15H2,1-5H3,(H,38,39,40,41)/b10-7+. The van der Waals surface area contributed by atoms with Crippen LogP contribution >= 0.6 is 0 Å². The zero-order valence-electron chi connectivity index (χ0n) is 26.6. The Morgan fingerprint density at radius 3 is 2.43 bits per heavy atom. The van der Waals surface area contributed by atoms with Gasteiger partial charge in [-0.25, -0.2) is 23.7 Å². The number of allylic oxidation sites excluding steroid dienone is 1. The lowest BCUT2D eigenvalue weighted by atomic mass is 9.99. The van der Waals surface area contributed by atoms with Crippen molar-refractivity contribution >= 4 is 28.3 Å².